The third kappa shape index (κ3) is 4.62. The zero-order chi connectivity index (χ0) is 13.0. The molecule has 2 aliphatic rings. The highest BCUT2D eigenvalue weighted by Crippen LogP contribution is 2.31. The van der Waals surface area contributed by atoms with Gasteiger partial charge in [0.15, 0.2) is 0 Å². The van der Waals surface area contributed by atoms with Crippen molar-refractivity contribution in [2.75, 3.05) is 19.8 Å². The van der Waals surface area contributed by atoms with Crippen molar-refractivity contribution in [3.8, 4) is 0 Å². The monoisotopic (exact) mass is 290 g/mol. The first-order chi connectivity index (χ1) is 8.59. The van der Waals surface area contributed by atoms with E-state index in [0.717, 1.165) is 58.3 Å². The van der Waals surface area contributed by atoms with E-state index < -0.39 is 0 Å². The molecule has 0 aromatic heterocycles. The van der Waals surface area contributed by atoms with Crippen molar-refractivity contribution in [3.63, 3.8) is 0 Å². The van der Waals surface area contributed by atoms with Gasteiger partial charge in [-0.25, -0.2) is 0 Å². The van der Waals surface area contributed by atoms with Gasteiger partial charge in [-0.2, -0.15) is 0 Å². The van der Waals surface area contributed by atoms with Crippen LogP contribution in [0.3, 0.4) is 0 Å². The fraction of sp³-hybridized carbons (Fsp3) is 0.929. The number of carbonyl (C=O) groups is 1. The molecule has 0 spiro atoms. The summed E-state index contributed by atoms with van der Waals surface area (Å²) in [5, 5.41) is 3.10. The van der Waals surface area contributed by atoms with E-state index in [4.69, 9.17) is 10.5 Å². The molecule has 1 heterocycles. The van der Waals surface area contributed by atoms with Gasteiger partial charge in [-0.3, -0.25) is 4.79 Å². The van der Waals surface area contributed by atoms with Crippen LogP contribution in [0.15, 0.2) is 0 Å². The standard InChI is InChI=1S/C14H26N2O2.ClH/c1-14(15)7-3-2-4-12(14)13(17)16-10-11-5-8-18-9-6-11;/h11-12H,2-10,15H2,1H3,(H,16,17);1H. The van der Waals surface area contributed by atoms with Crippen LogP contribution >= 0.6 is 12.4 Å². The maximum absolute atomic E-state index is 12.2. The first-order valence-electron chi connectivity index (χ1n) is 7.24. The van der Waals surface area contributed by atoms with Crippen LogP contribution in [0.1, 0.15) is 45.4 Å². The van der Waals surface area contributed by atoms with Crippen molar-refractivity contribution in [2.24, 2.45) is 17.6 Å². The summed E-state index contributed by atoms with van der Waals surface area (Å²) in [6.45, 7) is 4.47. The average molecular weight is 291 g/mol. The van der Waals surface area contributed by atoms with Crippen molar-refractivity contribution >= 4 is 18.3 Å². The van der Waals surface area contributed by atoms with E-state index in [9.17, 15) is 4.79 Å². The molecule has 5 heteroatoms. The topological polar surface area (TPSA) is 64.4 Å². The Morgan fingerprint density at radius 2 is 2.00 bits per heavy atom. The lowest BCUT2D eigenvalue weighted by atomic mass is 9.74. The third-order valence-corrected chi connectivity index (χ3v) is 4.48. The van der Waals surface area contributed by atoms with Crippen molar-refractivity contribution < 1.29 is 9.53 Å². The van der Waals surface area contributed by atoms with E-state index >= 15 is 0 Å². The Kier molecular flexibility index (Phi) is 6.57. The molecular weight excluding hydrogens is 264 g/mol. The average Bonchev–Trinajstić information content (AvgIpc) is 2.37. The van der Waals surface area contributed by atoms with Crippen LogP contribution in [0.25, 0.3) is 0 Å². The van der Waals surface area contributed by atoms with Gasteiger partial charge < -0.3 is 15.8 Å². The Morgan fingerprint density at radius 3 is 2.63 bits per heavy atom. The molecule has 1 saturated carbocycles. The molecule has 0 aromatic rings. The van der Waals surface area contributed by atoms with Crippen LogP contribution < -0.4 is 11.1 Å². The van der Waals surface area contributed by atoms with Gasteiger partial charge >= 0.3 is 0 Å². The molecule has 3 N–H and O–H groups in total. The van der Waals surface area contributed by atoms with E-state index in [0.29, 0.717) is 5.92 Å². The Bertz CT molecular complexity index is 291. The zero-order valence-electron chi connectivity index (χ0n) is 11.8. The number of amides is 1. The Morgan fingerprint density at radius 1 is 1.32 bits per heavy atom. The van der Waals surface area contributed by atoms with Gasteiger partial charge in [-0.15, -0.1) is 12.4 Å². The number of hydrogen-bond acceptors (Lipinski definition) is 3. The number of rotatable bonds is 3. The summed E-state index contributed by atoms with van der Waals surface area (Å²) < 4.78 is 5.32. The second-order valence-corrected chi connectivity index (χ2v) is 6.11. The normalized spacial score (nSPS) is 32.4. The van der Waals surface area contributed by atoms with E-state index in [1.807, 2.05) is 6.92 Å². The fourth-order valence-electron chi connectivity index (χ4n) is 3.11. The summed E-state index contributed by atoms with van der Waals surface area (Å²) in [7, 11) is 0. The number of nitrogens with one attached hydrogen (secondary N) is 1. The van der Waals surface area contributed by atoms with Crippen LogP contribution in [0.5, 0.6) is 0 Å². The minimum atomic E-state index is -0.321. The second-order valence-electron chi connectivity index (χ2n) is 6.11. The minimum absolute atomic E-state index is 0. The summed E-state index contributed by atoms with van der Waals surface area (Å²) in [5.74, 6) is 0.729. The summed E-state index contributed by atoms with van der Waals surface area (Å²) in [6, 6.07) is 0. The molecule has 2 fully saturated rings. The SMILES string of the molecule is CC1(N)CCCCC1C(=O)NCC1CCOCC1.Cl. The van der Waals surface area contributed by atoms with E-state index in [1.165, 1.54) is 0 Å². The maximum Gasteiger partial charge on any atom is 0.224 e. The van der Waals surface area contributed by atoms with Crippen molar-refractivity contribution in [1.82, 2.24) is 5.32 Å². The molecule has 1 saturated heterocycles. The molecule has 1 aliphatic carbocycles. The number of carbonyl (C=O) groups excluding carboxylic acids is 1. The molecule has 2 atom stereocenters. The van der Waals surface area contributed by atoms with Crippen LogP contribution in [0, 0.1) is 11.8 Å². The minimum Gasteiger partial charge on any atom is -0.381 e. The first kappa shape index (κ1) is 16.7. The van der Waals surface area contributed by atoms with Crippen LogP contribution in [0.2, 0.25) is 0 Å². The van der Waals surface area contributed by atoms with Gasteiger partial charge in [0.2, 0.25) is 5.91 Å². The number of halogens is 1. The molecule has 19 heavy (non-hydrogen) atoms. The quantitative estimate of drug-likeness (QED) is 0.834. The maximum atomic E-state index is 12.2. The molecule has 0 bridgehead atoms. The highest BCUT2D eigenvalue weighted by molar-refractivity contribution is 5.85. The molecule has 2 rings (SSSR count). The molecule has 2 unspecified atom stereocenters. The van der Waals surface area contributed by atoms with Gasteiger partial charge in [-0.05, 0) is 38.5 Å². The Balaban J connectivity index is 0.00000180. The molecule has 1 aliphatic heterocycles. The van der Waals surface area contributed by atoms with Crippen LogP contribution in [0.4, 0.5) is 0 Å². The first-order valence-corrected chi connectivity index (χ1v) is 7.24. The molecule has 4 nitrogen and oxygen atoms in total. The number of nitrogens with two attached hydrogens (primary N) is 1. The van der Waals surface area contributed by atoms with E-state index in [-0.39, 0.29) is 29.8 Å². The van der Waals surface area contributed by atoms with Crippen LogP contribution in [-0.2, 0) is 9.53 Å². The predicted molar refractivity (Wildman–Crippen MR) is 78.4 cm³/mol. The molecular formula is C14H27ClN2O2. The summed E-state index contributed by atoms with van der Waals surface area (Å²) in [4.78, 5) is 12.2. The molecule has 0 radical (unpaired) electrons. The second kappa shape index (κ2) is 7.46. The summed E-state index contributed by atoms with van der Waals surface area (Å²) in [5.41, 5.74) is 5.93. The van der Waals surface area contributed by atoms with Gasteiger partial charge in [-0.1, -0.05) is 12.8 Å². The van der Waals surface area contributed by atoms with Gasteiger partial charge in [0, 0.05) is 25.3 Å². The smallest absolute Gasteiger partial charge is 0.224 e. The Labute approximate surface area is 122 Å². The predicted octanol–water partition coefficient (Wildman–Crippen LogP) is 1.86. The fourth-order valence-corrected chi connectivity index (χ4v) is 3.11. The summed E-state index contributed by atoms with van der Waals surface area (Å²) >= 11 is 0. The third-order valence-electron chi connectivity index (χ3n) is 4.48. The molecule has 1 amide bonds. The largest absolute Gasteiger partial charge is 0.381 e. The number of hydrogen-bond donors (Lipinski definition) is 2. The van der Waals surface area contributed by atoms with E-state index in [1.54, 1.807) is 0 Å². The van der Waals surface area contributed by atoms with Crippen LogP contribution in [-0.4, -0.2) is 31.2 Å². The van der Waals surface area contributed by atoms with Crippen molar-refractivity contribution in [3.05, 3.63) is 0 Å². The zero-order valence-corrected chi connectivity index (χ0v) is 12.6. The number of ether oxygens (including phenoxy) is 1. The van der Waals surface area contributed by atoms with Crippen molar-refractivity contribution in [1.29, 1.82) is 0 Å². The van der Waals surface area contributed by atoms with E-state index in [2.05, 4.69) is 5.32 Å². The summed E-state index contributed by atoms with van der Waals surface area (Å²) in [6.07, 6.45) is 6.30. The highest BCUT2D eigenvalue weighted by atomic mass is 35.5. The highest BCUT2D eigenvalue weighted by Gasteiger charge is 2.37. The van der Waals surface area contributed by atoms with Gasteiger partial charge in [0.05, 0.1) is 5.92 Å². The van der Waals surface area contributed by atoms with Gasteiger partial charge in [0.1, 0.15) is 0 Å². The van der Waals surface area contributed by atoms with Gasteiger partial charge in [0.25, 0.3) is 0 Å². The molecule has 0 aromatic carbocycles. The Hall–Kier alpha value is -0.320. The lowest BCUT2D eigenvalue weighted by molar-refractivity contribution is -0.128. The van der Waals surface area contributed by atoms with Crippen molar-refractivity contribution in [2.45, 2.75) is 51.0 Å². The molecule has 112 valence electrons. The lowest BCUT2D eigenvalue weighted by Crippen LogP contribution is -2.53. The lowest BCUT2D eigenvalue weighted by Gasteiger charge is -2.37.